The lowest BCUT2D eigenvalue weighted by Gasteiger charge is -2.21. The van der Waals surface area contributed by atoms with Gasteiger partial charge in [0.05, 0.1) is 16.9 Å². The molecule has 25 heavy (non-hydrogen) atoms. The first-order valence-corrected chi connectivity index (χ1v) is 9.17. The molecule has 0 bridgehead atoms. The summed E-state index contributed by atoms with van der Waals surface area (Å²) in [5.41, 5.74) is 0.203. The number of nitro groups is 1. The van der Waals surface area contributed by atoms with Crippen LogP contribution in [0.1, 0.15) is 0 Å². The van der Waals surface area contributed by atoms with E-state index in [1.165, 1.54) is 18.2 Å². The Morgan fingerprint density at radius 1 is 1.24 bits per heavy atom. The molecule has 0 aromatic heterocycles. The quantitative estimate of drug-likeness (QED) is 0.609. The smallest absolute Gasteiger partial charge is 0.271 e. The minimum atomic E-state index is -3.83. The number of sulfonamides is 1. The highest BCUT2D eigenvalue weighted by Gasteiger charge is 2.22. The molecule has 0 saturated carbocycles. The number of anilines is 2. The number of hydrogen-bond donors (Lipinski definition) is 1. The number of non-ortho nitro benzene ring substituents is 1. The zero-order valence-electron chi connectivity index (χ0n) is 13.0. The van der Waals surface area contributed by atoms with E-state index < -0.39 is 27.4 Å². The van der Waals surface area contributed by atoms with Gasteiger partial charge in [0, 0.05) is 22.8 Å². The lowest BCUT2D eigenvalue weighted by molar-refractivity contribution is -0.384. The maximum Gasteiger partial charge on any atom is 0.271 e. The molecule has 0 heterocycles. The van der Waals surface area contributed by atoms with Gasteiger partial charge in [0.2, 0.25) is 15.9 Å². The number of carbonyl (C=O) groups is 1. The van der Waals surface area contributed by atoms with Crippen molar-refractivity contribution in [3.63, 3.8) is 0 Å². The van der Waals surface area contributed by atoms with Crippen LogP contribution in [0.3, 0.4) is 0 Å². The summed E-state index contributed by atoms with van der Waals surface area (Å²) in [6.07, 6.45) is 0.918. The maximum absolute atomic E-state index is 12.2. The standard InChI is InChI=1S/C15H14ClN3O5S/c1-25(23,24)18(13-3-2-4-14(9-13)19(21)22)10-15(20)17-12-7-5-11(16)6-8-12/h2-9H,10H2,1H3,(H,17,20). The van der Waals surface area contributed by atoms with Gasteiger partial charge in [-0.1, -0.05) is 17.7 Å². The number of hydrogen-bond acceptors (Lipinski definition) is 5. The van der Waals surface area contributed by atoms with E-state index in [1.54, 1.807) is 24.3 Å². The predicted molar refractivity (Wildman–Crippen MR) is 95.4 cm³/mol. The number of nitro benzene ring substituents is 1. The van der Waals surface area contributed by atoms with Crippen molar-refractivity contribution in [3.8, 4) is 0 Å². The lowest BCUT2D eigenvalue weighted by atomic mass is 10.3. The van der Waals surface area contributed by atoms with Gasteiger partial charge >= 0.3 is 0 Å². The highest BCUT2D eigenvalue weighted by atomic mass is 35.5. The number of nitrogens with one attached hydrogen (secondary N) is 1. The summed E-state index contributed by atoms with van der Waals surface area (Å²) in [6, 6.07) is 11.3. The Morgan fingerprint density at radius 3 is 2.44 bits per heavy atom. The molecule has 0 aliphatic carbocycles. The summed E-state index contributed by atoms with van der Waals surface area (Å²) in [6.45, 7) is -0.525. The number of amides is 1. The third kappa shape index (κ3) is 5.16. The topological polar surface area (TPSA) is 110 Å². The van der Waals surface area contributed by atoms with Gasteiger partial charge in [0.15, 0.2) is 0 Å². The predicted octanol–water partition coefficient (Wildman–Crippen LogP) is 2.65. The van der Waals surface area contributed by atoms with Crippen molar-refractivity contribution in [1.82, 2.24) is 0 Å². The van der Waals surface area contributed by atoms with Crippen LogP contribution in [0.25, 0.3) is 0 Å². The summed E-state index contributed by atoms with van der Waals surface area (Å²) in [5, 5.41) is 13.9. The Hall–Kier alpha value is -2.65. The monoisotopic (exact) mass is 383 g/mol. The largest absolute Gasteiger partial charge is 0.325 e. The van der Waals surface area contributed by atoms with E-state index in [4.69, 9.17) is 11.6 Å². The molecule has 2 aromatic carbocycles. The Morgan fingerprint density at radius 2 is 1.88 bits per heavy atom. The molecular formula is C15H14ClN3O5S. The van der Waals surface area contributed by atoms with Crippen LogP contribution >= 0.6 is 11.6 Å². The third-order valence-corrected chi connectivity index (χ3v) is 4.54. The average molecular weight is 384 g/mol. The normalized spacial score (nSPS) is 11.0. The van der Waals surface area contributed by atoms with Gasteiger partial charge in [-0.25, -0.2) is 8.42 Å². The number of nitrogens with zero attached hydrogens (tertiary/aromatic N) is 2. The molecule has 0 radical (unpaired) electrons. The molecule has 0 saturated heterocycles. The Bertz CT molecular complexity index is 900. The van der Waals surface area contributed by atoms with Crippen molar-refractivity contribution in [1.29, 1.82) is 0 Å². The van der Waals surface area contributed by atoms with E-state index in [2.05, 4.69) is 5.32 Å². The molecule has 1 N–H and O–H groups in total. The SMILES string of the molecule is CS(=O)(=O)N(CC(=O)Nc1ccc(Cl)cc1)c1cccc([N+](=O)[O-])c1. The minimum absolute atomic E-state index is 0.0305. The van der Waals surface area contributed by atoms with Crippen LogP contribution in [0.5, 0.6) is 0 Å². The van der Waals surface area contributed by atoms with Gasteiger partial charge in [0.25, 0.3) is 5.69 Å². The third-order valence-electron chi connectivity index (χ3n) is 3.14. The molecule has 132 valence electrons. The highest BCUT2D eigenvalue weighted by Crippen LogP contribution is 2.23. The average Bonchev–Trinajstić information content (AvgIpc) is 2.54. The van der Waals surface area contributed by atoms with Gasteiger partial charge in [0.1, 0.15) is 6.54 Å². The molecule has 0 fully saturated rings. The molecule has 0 unspecified atom stereocenters. The fraction of sp³-hybridized carbons (Fsp3) is 0.133. The van der Waals surface area contributed by atoms with Gasteiger partial charge in [-0.15, -0.1) is 0 Å². The molecule has 1 amide bonds. The van der Waals surface area contributed by atoms with Crippen LogP contribution in [-0.2, 0) is 14.8 Å². The first-order chi connectivity index (χ1) is 11.7. The van der Waals surface area contributed by atoms with E-state index in [1.807, 2.05) is 0 Å². The maximum atomic E-state index is 12.2. The van der Waals surface area contributed by atoms with Crippen LogP contribution < -0.4 is 9.62 Å². The summed E-state index contributed by atoms with van der Waals surface area (Å²) in [4.78, 5) is 22.4. The van der Waals surface area contributed by atoms with Gasteiger partial charge in [-0.3, -0.25) is 19.2 Å². The highest BCUT2D eigenvalue weighted by molar-refractivity contribution is 7.92. The fourth-order valence-corrected chi connectivity index (χ4v) is 3.00. The molecule has 0 aliphatic rings. The van der Waals surface area contributed by atoms with Crippen LogP contribution in [-0.4, -0.2) is 32.0 Å². The summed E-state index contributed by atoms with van der Waals surface area (Å²) in [5.74, 6) is -0.598. The van der Waals surface area contributed by atoms with Crippen molar-refractivity contribution >= 4 is 44.6 Å². The van der Waals surface area contributed by atoms with E-state index in [-0.39, 0.29) is 11.4 Å². The van der Waals surface area contributed by atoms with Crippen LogP contribution in [0, 0.1) is 10.1 Å². The Kier molecular flexibility index (Phi) is 5.60. The molecular weight excluding hydrogens is 370 g/mol. The lowest BCUT2D eigenvalue weighted by Crippen LogP contribution is -2.37. The molecule has 8 nitrogen and oxygen atoms in total. The van der Waals surface area contributed by atoms with Crippen LogP contribution in [0.15, 0.2) is 48.5 Å². The second-order valence-electron chi connectivity index (χ2n) is 5.10. The van der Waals surface area contributed by atoms with Gasteiger partial charge in [-0.05, 0) is 30.3 Å². The second-order valence-corrected chi connectivity index (χ2v) is 7.44. The van der Waals surface area contributed by atoms with Crippen molar-refractivity contribution in [2.75, 3.05) is 22.4 Å². The first-order valence-electron chi connectivity index (χ1n) is 6.94. The number of carbonyl (C=O) groups excluding carboxylic acids is 1. The van der Waals surface area contributed by atoms with Gasteiger partial charge in [-0.2, -0.15) is 0 Å². The van der Waals surface area contributed by atoms with Crippen molar-refractivity contribution < 1.29 is 18.1 Å². The summed E-state index contributed by atoms with van der Waals surface area (Å²) >= 11 is 5.76. The number of halogens is 1. The summed E-state index contributed by atoms with van der Waals surface area (Å²) in [7, 11) is -3.83. The molecule has 0 atom stereocenters. The van der Waals surface area contributed by atoms with E-state index in [0.29, 0.717) is 10.7 Å². The molecule has 0 spiro atoms. The van der Waals surface area contributed by atoms with Crippen molar-refractivity contribution in [2.45, 2.75) is 0 Å². The number of benzene rings is 2. The molecule has 0 aliphatic heterocycles. The van der Waals surface area contributed by atoms with E-state index in [9.17, 15) is 23.3 Å². The van der Waals surface area contributed by atoms with E-state index >= 15 is 0 Å². The molecule has 2 rings (SSSR count). The Labute approximate surface area is 149 Å². The van der Waals surface area contributed by atoms with Crippen LogP contribution in [0.4, 0.5) is 17.1 Å². The molecule has 10 heteroatoms. The van der Waals surface area contributed by atoms with Crippen molar-refractivity contribution in [3.05, 3.63) is 63.7 Å². The van der Waals surface area contributed by atoms with E-state index in [0.717, 1.165) is 16.6 Å². The van der Waals surface area contributed by atoms with Crippen LogP contribution in [0.2, 0.25) is 5.02 Å². The Balaban J connectivity index is 2.24. The van der Waals surface area contributed by atoms with Gasteiger partial charge < -0.3 is 5.32 Å². The zero-order chi connectivity index (χ0) is 18.6. The minimum Gasteiger partial charge on any atom is -0.325 e. The fourth-order valence-electron chi connectivity index (χ4n) is 2.03. The van der Waals surface area contributed by atoms with Crippen molar-refractivity contribution in [2.24, 2.45) is 0 Å². The number of rotatable bonds is 6. The first kappa shape index (κ1) is 18.7. The zero-order valence-corrected chi connectivity index (χ0v) is 14.6. The molecule has 2 aromatic rings. The second kappa shape index (κ2) is 7.49. The summed E-state index contributed by atoms with van der Waals surface area (Å²) < 4.78 is 24.8.